The topological polar surface area (TPSA) is 76.5 Å². The minimum atomic E-state index is -0.403. The predicted octanol–water partition coefficient (Wildman–Crippen LogP) is 3.43. The highest BCUT2D eigenvalue weighted by Crippen LogP contribution is 2.22. The number of anilines is 1. The molecular weight excluding hydrogens is 454 g/mol. The highest BCUT2D eigenvalue weighted by Gasteiger charge is 2.21. The maximum Gasteiger partial charge on any atom is 0.267 e. The molecule has 2 heterocycles. The van der Waals surface area contributed by atoms with Crippen LogP contribution in [0.2, 0.25) is 0 Å². The number of ether oxygens (including phenoxy) is 1. The summed E-state index contributed by atoms with van der Waals surface area (Å²) in [7, 11) is 0. The number of amides is 1. The number of fused-ring (bicyclic) bond motifs is 1. The van der Waals surface area contributed by atoms with Crippen LogP contribution in [0.15, 0.2) is 71.5 Å². The summed E-state index contributed by atoms with van der Waals surface area (Å²) in [6, 6.07) is 16.2. The molecule has 0 unspecified atom stereocenters. The van der Waals surface area contributed by atoms with Crippen LogP contribution in [-0.4, -0.2) is 41.8 Å². The summed E-state index contributed by atoms with van der Waals surface area (Å²) in [6.07, 6.45) is 0. The van der Waals surface area contributed by atoms with Crippen molar-refractivity contribution in [3.63, 3.8) is 0 Å². The van der Waals surface area contributed by atoms with E-state index in [9.17, 15) is 18.4 Å². The Hall–Kier alpha value is -4.11. The third kappa shape index (κ3) is 4.76. The fraction of sp³-hybridized carbons (Fsp3) is 0.192. The molecule has 178 valence electrons. The molecule has 1 aliphatic heterocycles. The first-order valence-corrected chi connectivity index (χ1v) is 11.2. The molecule has 1 aromatic heterocycles. The van der Waals surface area contributed by atoms with Gasteiger partial charge in [-0.3, -0.25) is 9.59 Å². The Labute approximate surface area is 199 Å². The van der Waals surface area contributed by atoms with Gasteiger partial charge in [-0.25, -0.2) is 18.3 Å². The SMILES string of the molecule is O=C(NCc1ccc(F)cc1)c1ccc2c(=O)n(-c3ccc(F)cc3)c(N3CCOCC3)nc2c1. The molecule has 1 aliphatic rings. The third-order valence-corrected chi connectivity index (χ3v) is 5.86. The average molecular weight is 476 g/mol. The zero-order valence-corrected chi connectivity index (χ0v) is 18.7. The summed E-state index contributed by atoms with van der Waals surface area (Å²) in [5.74, 6) is -0.683. The number of morpholine rings is 1. The Morgan fingerprint density at radius 2 is 1.60 bits per heavy atom. The number of aromatic nitrogens is 2. The van der Waals surface area contributed by atoms with Gasteiger partial charge in [0.2, 0.25) is 5.95 Å². The number of nitrogens with one attached hydrogen (secondary N) is 1. The van der Waals surface area contributed by atoms with E-state index in [2.05, 4.69) is 5.32 Å². The van der Waals surface area contributed by atoms with Crippen molar-refractivity contribution in [2.24, 2.45) is 0 Å². The van der Waals surface area contributed by atoms with Gasteiger partial charge in [-0.1, -0.05) is 12.1 Å². The second-order valence-corrected chi connectivity index (χ2v) is 8.17. The van der Waals surface area contributed by atoms with Crippen molar-refractivity contribution < 1.29 is 18.3 Å². The van der Waals surface area contributed by atoms with Crippen LogP contribution in [0.25, 0.3) is 16.6 Å². The van der Waals surface area contributed by atoms with Crippen LogP contribution in [0.5, 0.6) is 0 Å². The van der Waals surface area contributed by atoms with E-state index in [0.29, 0.717) is 54.4 Å². The molecule has 0 aliphatic carbocycles. The van der Waals surface area contributed by atoms with Crippen LogP contribution in [0.1, 0.15) is 15.9 Å². The molecule has 7 nitrogen and oxygen atoms in total. The molecule has 1 saturated heterocycles. The first-order chi connectivity index (χ1) is 17.0. The summed E-state index contributed by atoms with van der Waals surface area (Å²) in [4.78, 5) is 33.0. The summed E-state index contributed by atoms with van der Waals surface area (Å²) in [5, 5.41) is 3.13. The molecule has 0 bridgehead atoms. The number of benzene rings is 3. The first kappa shape index (κ1) is 22.7. The van der Waals surface area contributed by atoms with Gasteiger partial charge in [0.15, 0.2) is 0 Å². The van der Waals surface area contributed by atoms with Gasteiger partial charge in [0.05, 0.1) is 29.8 Å². The highest BCUT2D eigenvalue weighted by atomic mass is 19.1. The number of halogens is 2. The van der Waals surface area contributed by atoms with Crippen molar-refractivity contribution in [1.82, 2.24) is 14.9 Å². The first-order valence-electron chi connectivity index (χ1n) is 11.2. The number of hydrogen-bond donors (Lipinski definition) is 1. The van der Waals surface area contributed by atoms with Crippen molar-refractivity contribution in [2.45, 2.75) is 6.54 Å². The normalized spacial score (nSPS) is 13.7. The van der Waals surface area contributed by atoms with Crippen LogP contribution in [0.3, 0.4) is 0 Å². The minimum Gasteiger partial charge on any atom is -0.378 e. The van der Waals surface area contributed by atoms with E-state index in [1.165, 1.54) is 41.0 Å². The Morgan fingerprint density at radius 1 is 0.943 bits per heavy atom. The maximum atomic E-state index is 13.5. The lowest BCUT2D eigenvalue weighted by Gasteiger charge is -2.30. The van der Waals surface area contributed by atoms with Crippen LogP contribution >= 0.6 is 0 Å². The van der Waals surface area contributed by atoms with Crippen LogP contribution in [0, 0.1) is 11.6 Å². The van der Waals surface area contributed by atoms with E-state index >= 15 is 0 Å². The molecule has 1 amide bonds. The lowest BCUT2D eigenvalue weighted by molar-refractivity contribution is 0.0951. The van der Waals surface area contributed by atoms with Gasteiger partial charge in [-0.2, -0.15) is 0 Å². The molecule has 4 aromatic rings. The number of rotatable bonds is 5. The summed E-state index contributed by atoms with van der Waals surface area (Å²) in [5.41, 5.74) is 1.66. The Bertz CT molecular complexity index is 1430. The van der Waals surface area contributed by atoms with Crippen LogP contribution in [-0.2, 0) is 11.3 Å². The van der Waals surface area contributed by atoms with Crippen molar-refractivity contribution in [2.75, 3.05) is 31.2 Å². The van der Waals surface area contributed by atoms with Crippen LogP contribution < -0.4 is 15.8 Å². The monoisotopic (exact) mass is 476 g/mol. The van der Waals surface area contributed by atoms with Crippen LogP contribution in [0.4, 0.5) is 14.7 Å². The molecule has 0 saturated carbocycles. The Morgan fingerprint density at radius 3 is 2.29 bits per heavy atom. The van der Waals surface area contributed by atoms with Crippen molar-refractivity contribution in [3.8, 4) is 5.69 Å². The minimum absolute atomic E-state index is 0.232. The molecule has 5 rings (SSSR count). The van der Waals surface area contributed by atoms with Crippen molar-refractivity contribution in [1.29, 1.82) is 0 Å². The average Bonchev–Trinajstić information content (AvgIpc) is 2.89. The summed E-state index contributed by atoms with van der Waals surface area (Å²) < 4.78 is 33.5. The van der Waals surface area contributed by atoms with E-state index in [4.69, 9.17) is 9.72 Å². The molecule has 0 spiro atoms. The Kier molecular flexibility index (Phi) is 6.24. The number of carbonyl (C=O) groups excluding carboxylic acids is 1. The van der Waals surface area contributed by atoms with E-state index in [1.54, 1.807) is 30.3 Å². The molecule has 9 heteroatoms. The van der Waals surface area contributed by atoms with Gasteiger partial charge in [-0.05, 0) is 60.2 Å². The fourth-order valence-corrected chi connectivity index (χ4v) is 4.00. The molecule has 1 fully saturated rings. The zero-order valence-electron chi connectivity index (χ0n) is 18.7. The van der Waals surface area contributed by atoms with E-state index in [1.807, 2.05) is 4.90 Å². The van der Waals surface area contributed by atoms with E-state index < -0.39 is 5.82 Å². The third-order valence-electron chi connectivity index (χ3n) is 5.86. The van der Waals surface area contributed by atoms with E-state index in [0.717, 1.165) is 5.56 Å². The van der Waals surface area contributed by atoms with Gasteiger partial charge in [0.25, 0.3) is 11.5 Å². The molecule has 3 aromatic carbocycles. The van der Waals surface area contributed by atoms with Gasteiger partial charge in [0, 0.05) is 25.2 Å². The van der Waals surface area contributed by atoms with Crippen molar-refractivity contribution in [3.05, 3.63) is 99.8 Å². The lowest BCUT2D eigenvalue weighted by Crippen LogP contribution is -2.40. The summed E-state index contributed by atoms with van der Waals surface area (Å²) >= 11 is 0. The predicted molar refractivity (Wildman–Crippen MR) is 128 cm³/mol. The number of hydrogen-bond acceptors (Lipinski definition) is 5. The fourth-order valence-electron chi connectivity index (χ4n) is 4.00. The summed E-state index contributed by atoms with van der Waals surface area (Å²) in [6.45, 7) is 2.29. The van der Waals surface area contributed by atoms with Crippen molar-refractivity contribution >= 4 is 22.8 Å². The Balaban J connectivity index is 1.52. The second-order valence-electron chi connectivity index (χ2n) is 8.17. The van der Waals surface area contributed by atoms with Gasteiger partial charge >= 0.3 is 0 Å². The highest BCUT2D eigenvalue weighted by molar-refractivity contribution is 5.97. The quantitative estimate of drug-likeness (QED) is 0.478. The standard InChI is InChI=1S/C26H22F2N4O3/c27-19-4-1-17(2-5-19)16-29-24(33)18-3-10-22-23(15-18)30-26(31-11-13-35-14-12-31)32(25(22)34)21-8-6-20(28)7-9-21/h1-10,15H,11-14,16H2,(H,29,33). The molecule has 0 atom stereocenters. The second kappa shape index (κ2) is 9.63. The zero-order chi connectivity index (χ0) is 24.4. The smallest absolute Gasteiger partial charge is 0.267 e. The molecule has 1 N–H and O–H groups in total. The van der Waals surface area contributed by atoms with Gasteiger partial charge in [-0.15, -0.1) is 0 Å². The van der Waals surface area contributed by atoms with E-state index in [-0.39, 0.29) is 23.8 Å². The maximum absolute atomic E-state index is 13.5. The van der Waals surface area contributed by atoms with Gasteiger partial charge < -0.3 is 15.0 Å². The number of carbonyl (C=O) groups is 1. The lowest BCUT2D eigenvalue weighted by atomic mass is 10.1. The molecule has 35 heavy (non-hydrogen) atoms. The number of nitrogens with zero attached hydrogens (tertiary/aromatic N) is 3. The largest absolute Gasteiger partial charge is 0.378 e. The van der Waals surface area contributed by atoms with Gasteiger partial charge in [0.1, 0.15) is 11.6 Å². The molecule has 0 radical (unpaired) electrons. The molecular formula is C26H22F2N4O3.